The molecule has 31 heavy (non-hydrogen) atoms. The second kappa shape index (κ2) is 7.82. The van der Waals surface area contributed by atoms with Gasteiger partial charge in [0.1, 0.15) is 12.7 Å². The minimum absolute atomic E-state index is 0.0415. The average Bonchev–Trinajstić information content (AvgIpc) is 3.08. The molecule has 0 saturated heterocycles. The Morgan fingerprint density at radius 3 is 2.45 bits per heavy atom. The lowest BCUT2D eigenvalue weighted by Crippen LogP contribution is -2.39. The molecule has 8 atom stereocenters. The van der Waals surface area contributed by atoms with Crippen LogP contribution in [0.25, 0.3) is 0 Å². The molecule has 172 valence electrons. The second-order valence-electron chi connectivity index (χ2n) is 10.5. The van der Waals surface area contributed by atoms with Crippen LogP contribution in [0.5, 0.6) is 0 Å². The number of hydrogen-bond donors (Lipinski definition) is 0. The van der Waals surface area contributed by atoms with Crippen molar-refractivity contribution in [2.75, 3.05) is 6.61 Å². The minimum atomic E-state index is -1.04. The Bertz CT molecular complexity index is 774. The van der Waals surface area contributed by atoms with Crippen LogP contribution in [0, 0.1) is 40.4 Å². The molecule has 0 aromatic rings. The topological polar surface area (TPSA) is 88.1 Å². The van der Waals surface area contributed by atoms with E-state index in [1.807, 2.05) is 0 Å². The summed E-state index contributed by atoms with van der Waals surface area (Å²) in [5.74, 6) is -0.626. The molecular weight excluding hydrogens is 400 g/mol. The van der Waals surface area contributed by atoms with E-state index in [4.69, 9.17) is 18.9 Å². The summed E-state index contributed by atoms with van der Waals surface area (Å²) in [4.78, 5) is 37.1. The molecule has 2 bridgehead atoms. The Balaban J connectivity index is 1.24. The van der Waals surface area contributed by atoms with Crippen molar-refractivity contribution >= 4 is 18.1 Å². The van der Waals surface area contributed by atoms with E-state index in [2.05, 4.69) is 27.4 Å². The second-order valence-corrected chi connectivity index (χ2v) is 10.5. The predicted molar refractivity (Wildman–Crippen MR) is 110 cm³/mol. The van der Waals surface area contributed by atoms with Crippen LogP contribution in [0.2, 0.25) is 0 Å². The summed E-state index contributed by atoms with van der Waals surface area (Å²) in [6.45, 7) is 11.9. The van der Waals surface area contributed by atoms with Gasteiger partial charge in [0, 0.05) is 12.3 Å². The summed E-state index contributed by atoms with van der Waals surface area (Å²) >= 11 is 0. The molecule has 0 aliphatic heterocycles. The molecule has 7 heteroatoms. The SMILES string of the molecule is C=CCOC(=O)C1C2CCC(C(=O)OC(C)OC(=O)O[C@@H]3C[C@@H]4CC[C@@]3(C)C4(C)C)C21. The first-order chi connectivity index (χ1) is 14.6. The predicted octanol–water partition coefficient (Wildman–Crippen LogP) is 4.25. The fraction of sp³-hybridized carbons (Fsp3) is 0.792. The highest BCUT2D eigenvalue weighted by Gasteiger charge is 2.65. The minimum Gasteiger partial charge on any atom is -0.461 e. The van der Waals surface area contributed by atoms with Gasteiger partial charge < -0.3 is 18.9 Å². The molecular formula is C24H34O7. The lowest BCUT2D eigenvalue weighted by Gasteiger charge is -2.38. The van der Waals surface area contributed by atoms with Crippen LogP contribution in [0.1, 0.15) is 59.8 Å². The summed E-state index contributed by atoms with van der Waals surface area (Å²) in [5, 5.41) is 0. The highest BCUT2D eigenvalue weighted by molar-refractivity contribution is 5.81. The van der Waals surface area contributed by atoms with E-state index >= 15 is 0 Å². The highest BCUT2D eigenvalue weighted by Crippen LogP contribution is 2.66. The van der Waals surface area contributed by atoms with Crippen molar-refractivity contribution in [2.24, 2.45) is 40.4 Å². The lowest BCUT2D eigenvalue weighted by atomic mass is 9.70. The number of esters is 2. The molecule has 0 aromatic carbocycles. The van der Waals surface area contributed by atoms with Crippen molar-refractivity contribution in [3.05, 3.63) is 12.7 Å². The van der Waals surface area contributed by atoms with Gasteiger partial charge in [0.15, 0.2) is 0 Å². The van der Waals surface area contributed by atoms with Gasteiger partial charge in [-0.25, -0.2) is 4.79 Å². The van der Waals surface area contributed by atoms with Crippen molar-refractivity contribution in [2.45, 2.75) is 72.2 Å². The molecule has 0 N–H and O–H groups in total. The largest absolute Gasteiger partial charge is 0.511 e. The van der Waals surface area contributed by atoms with Gasteiger partial charge in [0.2, 0.25) is 6.29 Å². The lowest BCUT2D eigenvalue weighted by molar-refractivity contribution is -0.175. The van der Waals surface area contributed by atoms with E-state index in [-0.39, 0.29) is 53.2 Å². The number of hydrogen-bond acceptors (Lipinski definition) is 7. The fourth-order valence-electron chi connectivity index (χ4n) is 6.59. The van der Waals surface area contributed by atoms with Crippen molar-refractivity contribution in [1.29, 1.82) is 0 Å². The molecule has 0 radical (unpaired) electrons. The first-order valence-electron chi connectivity index (χ1n) is 11.5. The molecule has 7 nitrogen and oxygen atoms in total. The smallest absolute Gasteiger partial charge is 0.461 e. The van der Waals surface area contributed by atoms with Gasteiger partial charge in [-0.1, -0.05) is 33.4 Å². The zero-order chi connectivity index (χ0) is 22.6. The van der Waals surface area contributed by atoms with Gasteiger partial charge in [0.25, 0.3) is 0 Å². The van der Waals surface area contributed by atoms with Crippen molar-refractivity contribution in [3.63, 3.8) is 0 Å². The van der Waals surface area contributed by atoms with Gasteiger partial charge in [-0.05, 0) is 55.3 Å². The Morgan fingerprint density at radius 2 is 1.84 bits per heavy atom. The summed E-state index contributed by atoms with van der Waals surface area (Å²) in [5.41, 5.74) is 0.0688. The normalized spacial score (nSPS) is 39.9. The summed E-state index contributed by atoms with van der Waals surface area (Å²) < 4.78 is 21.4. The Hall–Kier alpha value is -2.05. The summed E-state index contributed by atoms with van der Waals surface area (Å²) in [6, 6.07) is 0. The first kappa shape index (κ1) is 22.2. The summed E-state index contributed by atoms with van der Waals surface area (Å²) in [7, 11) is 0. The number of ether oxygens (including phenoxy) is 4. The van der Waals surface area contributed by atoms with E-state index in [0.717, 1.165) is 25.7 Å². The van der Waals surface area contributed by atoms with Gasteiger partial charge in [-0.2, -0.15) is 0 Å². The number of carbonyl (C=O) groups excluding carboxylic acids is 3. The van der Waals surface area contributed by atoms with E-state index < -0.39 is 18.4 Å². The monoisotopic (exact) mass is 434 g/mol. The van der Waals surface area contributed by atoms with Crippen LogP contribution in [-0.2, 0) is 28.5 Å². The third-order valence-electron chi connectivity index (χ3n) is 8.92. The molecule has 0 amide bonds. The van der Waals surface area contributed by atoms with Crippen LogP contribution in [0.15, 0.2) is 12.7 Å². The van der Waals surface area contributed by atoms with E-state index in [1.54, 1.807) is 0 Å². The zero-order valence-corrected chi connectivity index (χ0v) is 18.9. The molecule has 0 aromatic heterocycles. The standard InChI is InChI=1S/C24H34O7/c1-6-11-28-21(26)19-15-7-8-16(18(15)19)20(25)29-13(2)30-22(27)31-17-12-14-9-10-24(17,5)23(14,3)4/h6,13-19H,1,7-12H2,2-5H3/t13?,14-,15?,16?,17+,18?,19?,24+/m0/s1. The molecule has 4 fully saturated rings. The molecule has 0 spiro atoms. The zero-order valence-electron chi connectivity index (χ0n) is 18.9. The number of fused-ring (bicyclic) bond motifs is 3. The Kier molecular flexibility index (Phi) is 5.59. The maximum Gasteiger partial charge on any atom is 0.511 e. The third-order valence-corrected chi connectivity index (χ3v) is 8.92. The molecule has 5 unspecified atom stereocenters. The van der Waals surface area contributed by atoms with E-state index in [9.17, 15) is 14.4 Å². The van der Waals surface area contributed by atoms with E-state index in [0.29, 0.717) is 12.3 Å². The van der Waals surface area contributed by atoms with Crippen LogP contribution < -0.4 is 0 Å². The van der Waals surface area contributed by atoms with Crippen LogP contribution in [-0.4, -0.2) is 37.1 Å². The summed E-state index contributed by atoms with van der Waals surface area (Å²) in [6.07, 6.45) is 4.03. The van der Waals surface area contributed by atoms with Gasteiger partial charge in [-0.15, -0.1) is 0 Å². The van der Waals surface area contributed by atoms with Crippen molar-refractivity contribution < 1.29 is 33.3 Å². The number of carbonyl (C=O) groups is 3. The average molecular weight is 435 g/mol. The first-order valence-corrected chi connectivity index (χ1v) is 11.5. The van der Waals surface area contributed by atoms with Crippen LogP contribution in [0.3, 0.4) is 0 Å². The maximum absolute atomic E-state index is 12.6. The molecule has 4 aliphatic rings. The Labute approximate surface area is 183 Å². The Morgan fingerprint density at radius 1 is 1.10 bits per heavy atom. The maximum atomic E-state index is 12.6. The van der Waals surface area contributed by atoms with Crippen molar-refractivity contribution in [1.82, 2.24) is 0 Å². The van der Waals surface area contributed by atoms with Gasteiger partial charge in [0.05, 0.1) is 11.8 Å². The van der Waals surface area contributed by atoms with E-state index in [1.165, 1.54) is 13.0 Å². The molecule has 4 aliphatic carbocycles. The number of rotatable bonds is 7. The van der Waals surface area contributed by atoms with Gasteiger partial charge in [-0.3, -0.25) is 9.59 Å². The highest BCUT2D eigenvalue weighted by atomic mass is 16.8. The van der Waals surface area contributed by atoms with Gasteiger partial charge >= 0.3 is 18.1 Å². The van der Waals surface area contributed by atoms with Crippen LogP contribution in [0.4, 0.5) is 4.79 Å². The van der Waals surface area contributed by atoms with Crippen LogP contribution >= 0.6 is 0 Å². The third kappa shape index (κ3) is 3.64. The molecule has 4 saturated carbocycles. The fourth-order valence-corrected chi connectivity index (χ4v) is 6.59. The molecule has 4 rings (SSSR count). The molecule has 0 heterocycles. The van der Waals surface area contributed by atoms with Crippen molar-refractivity contribution in [3.8, 4) is 0 Å². The quantitative estimate of drug-likeness (QED) is 0.256.